The van der Waals surface area contributed by atoms with E-state index in [0.29, 0.717) is 13.2 Å². The summed E-state index contributed by atoms with van der Waals surface area (Å²) in [7, 11) is 0. The average molecular weight is 266 g/mol. The third kappa shape index (κ3) is 3.16. The summed E-state index contributed by atoms with van der Waals surface area (Å²) < 4.78 is 6.44. The minimum absolute atomic E-state index is 0.578. The first-order valence-corrected chi connectivity index (χ1v) is 6.91. The van der Waals surface area contributed by atoms with Crippen LogP contribution in [0.15, 0.2) is 11.7 Å². The fourth-order valence-corrected chi connectivity index (χ4v) is 2.63. The number of nitrogens with two attached hydrogens (primary N) is 1. The Morgan fingerprint density at radius 1 is 1.39 bits per heavy atom. The number of hydrogen-bond donors (Lipinski definition) is 2. The van der Waals surface area contributed by atoms with E-state index in [1.807, 2.05) is 0 Å². The van der Waals surface area contributed by atoms with E-state index in [1.54, 1.807) is 17.7 Å². The van der Waals surface area contributed by atoms with Crippen LogP contribution in [0.1, 0.15) is 12.0 Å². The van der Waals surface area contributed by atoms with Crippen LogP contribution in [-0.4, -0.2) is 36.3 Å². The summed E-state index contributed by atoms with van der Waals surface area (Å²) in [6.07, 6.45) is 2.55. The van der Waals surface area contributed by atoms with Gasteiger partial charge in [0.05, 0.1) is 16.8 Å². The largest absolute Gasteiger partial charge is 0.380 e. The lowest BCUT2D eigenvalue weighted by Crippen LogP contribution is -2.11. The molecule has 5 nitrogen and oxygen atoms in total. The Hall–Kier alpha value is -1.24. The van der Waals surface area contributed by atoms with Crippen LogP contribution in [0, 0.1) is 6.92 Å². The van der Waals surface area contributed by atoms with Gasteiger partial charge in [0.25, 0.3) is 0 Å². The number of aryl methyl sites for hydroxylation is 1. The Balaban J connectivity index is 1.88. The lowest BCUT2D eigenvalue weighted by molar-refractivity contribution is 0.141. The Bertz CT molecular complexity index is 500. The Labute approximate surface area is 110 Å². The second-order valence-corrected chi connectivity index (χ2v) is 4.88. The van der Waals surface area contributed by atoms with E-state index in [4.69, 9.17) is 10.5 Å². The lowest BCUT2D eigenvalue weighted by atomic mass is 10.3. The molecule has 6 heteroatoms. The van der Waals surface area contributed by atoms with Crippen molar-refractivity contribution in [1.82, 2.24) is 9.97 Å². The van der Waals surface area contributed by atoms with E-state index in [1.165, 1.54) is 5.56 Å². The van der Waals surface area contributed by atoms with Gasteiger partial charge in [0.2, 0.25) is 0 Å². The van der Waals surface area contributed by atoms with Gasteiger partial charge in [0, 0.05) is 19.7 Å². The number of aromatic nitrogens is 2. The molecule has 2 heterocycles. The third-order valence-corrected chi connectivity index (χ3v) is 3.64. The predicted molar refractivity (Wildman–Crippen MR) is 75.1 cm³/mol. The Morgan fingerprint density at radius 3 is 3.11 bits per heavy atom. The number of ether oxygens (including phenoxy) is 1. The minimum atomic E-state index is 0.578. The molecule has 0 aliphatic rings. The highest BCUT2D eigenvalue weighted by Crippen LogP contribution is 2.28. The summed E-state index contributed by atoms with van der Waals surface area (Å²) in [4.78, 5) is 8.57. The summed E-state index contributed by atoms with van der Waals surface area (Å²) in [5.74, 6) is 0.914. The number of fused-ring (bicyclic) bond motifs is 1. The van der Waals surface area contributed by atoms with E-state index in [-0.39, 0.29) is 0 Å². The van der Waals surface area contributed by atoms with Crippen molar-refractivity contribution in [2.75, 3.05) is 31.6 Å². The van der Waals surface area contributed by atoms with Crippen LogP contribution in [0.2, 0.25) is 0 Å². The first kappa shape index (κ1) is 13.2. The summed E-state index contributed by atoms with van der Waals surface area (Å²) >= 11 is 1.68. The molecule has 3 N–H and O–H groups in total. The molecule has 0 unspecified atom stereocenters. The third-order valence-electron chi connectivity index (χ3n) is 2.55. The maximum Gasteiger partial charge on any atom is 0.147 e. The number of nitrogens with one attached hydrogen (secondary N) is 1. The zero-order valence-corrected chi connectivity index (χ0v) is 11.3. The topological polar surface area (TPSA) is 73.1 Å². The molecule has 0 aliphatic heterocycles. The maximum atomic E-state index is 5.34. The van der Waals surface area contributed by atoms with Crippen molar-refractivity contribution in [2.24, 2.45) is 5.73 Å². The summed E-state index contributed by atoms with van der Waals surface area (Å²) in [5.41, 5.74) is 7.58. The van der Waals surface area contributed by atoms with Crippen molar-refractivity contribution in [3.63, 3.8) is 0 Å². The molecule has 0 saturated heterocycles. The van der Waals surface area contributed by atoms with Gasteiger partial charge < -0.3 is 15.8 Å². The van der Waals surface area contributed by atoms with Crippen LogP contribution in [0.5, 0.6) is 0 Å². The molecule has 2 aromatic heterocycles. The molecule has 0 fully saturated rings. The van der Waals surface area contributed by atoms with E-state index < -0.39 is 0 Å². The highest BCUT2D eigenvalue weighted by atomic mass is 32.1. The number of thiophene rings is 1. The predicted octanol–water partition coefficient (Wildman–Crippen LogP) is 1.78. The van der Waals surface area contributed by atoms with Gasteiger partial charge in [-0.15, -0.1) is 11.3 Å². The van der Waals surface area contributed by atoms with Gasteiger partial charge in [-0.3, -0.25) is 0 Å². The van der Waals surface area contributed by atoms with Gasteiger partial charge in [-0.05, 0) is 24.3 Å². The zero-order valence-electron chi connectivity index (χ0n) is 10.5. The van der Waals surface area contributed by atoms with Gasteiger partial charge in [-0.25, -0.2) is 9.97 Å². The maximum absolute atomic E-state index is 5.34. The van der Waals surface area contributed by atoms with Gasteiger partial charge >= 0.3 is 0 Å². The normalized spacial score (nSPS) is 11.0. The lowest BCUT2D eigenvalue weighted by Gasteiger charge is -2.06. The standard InChI is InChI=1S/C12H18N4OS/c1-9-7-18-11-10(9)15-8-16-12(11)14-4-2-5-17-6-3-13/h7-8H,2-6,13H2,1H3,(H,14,15,16). The van der Waals surface area contributed by atoms with Crippen LogP contribution in [0.3, 0.4) is 0 Å². The van der Waals surface area contributed by atoms with Crippen molar-refractivity contribution in [3.05, 3.63) is 17.3 Å². The van der Waals surface area contributed by atoms with Gasteiger partial charge in [-0.1, -0.05) is 0 Å². The highest BCUT2D eigenvalue weighted by Gasteiger charge is 2.06. The van der Waals surface area contributed by atoms with Crippen LogP contribution in [-0.2, 0) is 4.74 Å². The summed E-state index contributed by atoms with van der Waals surface area (Å²) in [6.45, 7) is 4.84. The highest BCUT2D eigenvalue weighted by molar-refractivity contribution is 7.18. The van der Waals surface area contributed by atoms with E-state index in [9.17, 15) is 0 Å². The number of anilines is 1. The molecule has 0 aromatic carbocycles. The molecule has 0 aliphatic carbocycles. The smallest absolute Gasteiger partial charge is 0.147 e. The number of rotatable bonds is 7. The molecule has 18 heavy (non-hydrogen) atoms. The summed E-state index contributed by atoms with van der Waals surface area (Å²) in [6, 6.07) is 0. The molecule has 0 bridgehead atoms. The SMILES string of the molecule is Cc1csc2c(NCCCOCCN)ncnc12. The quantitative estimate of drug-likeness (QED) is 0.747. The number of hydrogen-bond acceptors (Lipinski definition) is 6. The molecule has 2 aromatic rings. The van der Waals surface area contributed by atoms with Crippen molar-refractivity contribution in [1.29, 1.82) is 0 Å². The fraction of sp³-hybridized carbons (Fsp3) is 0.500. The molecule has 98 valence electrons. The molecular formula is C12H18N4OS. The van der Waals surface area contributed by atoms with Crippen LogP contribution in [0.4, 0.5) is 5.82 Å². The molecule has 0 saturated carbocycles. The monoisotopic (exact) mass is 266 g/mol. The number of nitrogens with zero attached hydrogens (tertiary/aromatic N) is 2. The Kier molecular flexibility index (Phi) is 4.86. The first-order valence-electron chi connectivity index (χ1n) is 6.03. The van der Waals surface area contributed by atoms with Gasteiger partial charge in [0.1, 0.15) is 12.1 Å². The van der Waals surface area contributed by atoms with Gasteiger partial charge in [-0.2, -0.15) is 0 Å². The van der Waals surface area contributed by atoms with Crippen LogP contribution >= 0.6 is 11.3 Å². The second-order valence-electron chi connectivity index (χ2n) is 4.00. The van der Waals surface area contributed by atoms with E-state index in [2.05, 4.69) is 27.6 Å². The Morgan fingerprint density at radius 2 is 2.28 bits per heavy atom. The van der Waals surface area contributed by atoms with Crippen molar-refractivity contribution >= 4 is 27.4 Å². The molecule has 0 atom stereocenters. The van der Waals surface area contributed by atoms with E-state index >= 15 is 0 Å². The van der Waals surface area contributed by atoms with E-state index in [0.717, 1.165) is 35.6 Å². The van der Waals surface area contributed by atoms with Crippen molar-refractivity contribution in [2.45, 2.75) is 13.3 Å². The summed E-state index contributed by atoms with van der Waals surface area (Å²) in [5, 5.41) is 5.43. The average Bonchev–Trinajstić information content (AvgIpc) is 2.77. The fourth-order valence-electron chi connectivity index (χ4n) is 1.66. The van der Waals surface area contributed by atoms with Crippen LogP contribution in [0.25, 0.3) is 10.2 Å². The molecule has 0 spiro atoms. The van der Waals surface area contributed by atoms with Crippen molar-refractivity contribution < 1.29 is 4.74 Å². The molecule has 2 rings (SSSR count). The first-order chi connectivity index (χ1) is 8.83. The molecular weight excluding hydrogens is 248 g/mol. The molecule has 0 amide bonds. The molecule has 0 radical (unpaired) electrons. The second kappa shape index (κ2) is 6.63. The van der Waals surface area contributed by atoms with Crippen molar-refractivity contribution in [3.8, 4) is 0 Å². The van der Waals surface area contributed by atoms with Gasteiger partial charge in [0.15, 0.2) is 0 Å². The zero-order chi connectivity index (χ0) is 12.8. The minimum Gasteiger partial charge on any atom is -0.380 e. The van der Waals surface area contributed by atoms with Crippen LogP contribution < -0.4 is 11.1 Å².